The summed E-state index contributed by atoms with van der Waals surface area (Å²) in [6.07, 6.45) is -0.617. The zero-order valence-electron chi connectivity index (χ0n) is 12.8. The lowest BCUT2D eigenvalue weighted by Gasteiger charge is -2.29. The first-order valence-corrected chi connectivity index (χ1v) is 7.16. The van der Waals surface area contributed by atoms with Crippen molar-refractivity contribution < 1.29 is 29.0 Å². The minimum absolute atomic E-state index is 0.225. The molecule has 3 N–H and O–H groups in total. The Labute approximate surface area is 136 Å². The quantitative estimate of drug-likeness (QED) is 0.636. The average Bonchev–Trinajstić information content (AvgIpc) is 2.95. The molecular weight excluding hydrogens is 318 g/mol. The van der Waals surface area contributed by atoms with Crippen molar-refractivity contribution in [3.63, 3.8) is 0 Å². The van der Waals surface area contributed by atoms with Crippen LogP contribution < -0.4 is 15.4 Å². The van der Waals surface area contributed by atoms with Crippen LogP contribution in [0.1, 0.15) is 22.3 Å². The minimum atomic E-state index is -1.68. The third-order valence-electron chi connectivity index (χ3n) is 4.12. The number of fused-ring (bicyclic) bond motifs is 1. The number of nitrogens with zero attached hydrogens (tertiary/aromatic N) is 1. The molecule has 2 heterocycles. The Morgan fingerprint density at radius 1 is 1.38 bits per heavy atom. The molecular formula is C15H15N3O6. The lowest BCUT2D eigenvalue weighted by molar-refractivity contribution is -0.141. The number of carboxylic acid groups (broad SMARTS) is 1. The van der Waals surface area contributed by atoms with Gasteiger partial charge in [0.1, 0.15) is 11.3 Å². The summed E-state index contributed by atoms with van der Waals surface area (Å²) in [5, 5.41) is 13.5. The average molecular weight is 333 g/mol. The molecule has 24 heavy (non-hydrogen) atoms. The Morgan fingerprint density at radius 2 is 2.12 bits per heavy atom. The monoisotopic (exact) mass is 333 g/mol. The Balaban J connectivity index is 1.87. The number of ether oxygens (including phenoxy) is 1. The van der Waals surface area contributed by atoms with Gasteiger partial charge in [-0.05, 0) is 17.7 Å². The highest BCUT2D eigenvalue weighted by Crippen LogP contribution is 2.29. The second kappa shape index (κ2) is 5.52. The van der Waals surface area contributed by atoms with E-state index in [1.807, 2.05) is 5.32 Å². The third kappa shape index (κ3) is 2.53. The van der Waals surface area contributed by atoms with E-state index in [2.05, 4.69) is 5.32 Å². The van der Waals surface area contributed by atoms with Crippen LogP contribution in [0.15, 0.2) is 18.2 Å². The van der Waals surface area contributed by atoms with E-state index in [-0.39, 0.29) is 19.0 Å². The molecule has 0 bridgehead atoms. The molecule has 1 fully saturated rings. The zero-order chi connectivity index (χ0) is 17.5. The number of rotatable bonds is 5. The smallest absolute Gasteiger partial charge is 0.322 e. The number of hydrogen-bond donors (Lipinski definition) is 3. The van der Waals surface area contributed by atoms with Crippen molar-refractivity contribution in [2.45, 2.75) is 18.5 Å². The number of urea groups is 1. The lowest BCUT2D eigenvalue weighted by atomic mass is 9.94. The normalized spacial score (nSPS) is 22.2. The fourth-order valence-corrected chi connectivity index (χ4v) is 3.00. The molecule has 0 aromatic heterocycles. The first-order valence-electron chi connectivity index (χ1n) is 7.16. The fourth-order valence-electron chi connectivity index (χ4n) is 3.00. The molecule has 1 saturated heterocycles. The van der Waals surface area contributed by atoms with E-state index < -0.39 is 29.9 Å². The molecule has 0 spiro atoms. The van der Waals surface area contributed by atoms with Gasteiger partial charge in [0.2, 0.25) is 0 Å². The van der Waals surface area contributed by atoms with Crippen molar-refractivity contribution in [2.75, 3.05) is 13.7 Å². The number of methoxy groups -OCH3 is 1. The molecule has 1 atom stereocenters. The molecule has 126 valence electrons. The van der Waals surface area contributed by atoms with Gasteiger partial charge in [-0.15, -0.1) is 0 Å². The summed E-state index contributed by atoms with van der Waals surface area (Å²) >= 11 is 0. The third-order valence-corrected chi connectivity index (χ3v) is 4.12. The predicted octanol–water partition coefficient (Wildman–Crippen LogP) is -0.296. The van der Waals surface area contributed by atoms with Gasteiger partial charge in [-0.2, -0.15) is 0 Å². The summed E-state index contributed by atoms with van der Waals surface area (Å²) in [4.78, 5) is 48.6. The number of benzene rings is 1. The lowest BCUT2D eigenvalue weighted by Crippen LogP contribution is -2.56. The highest BCUT2D eigenvalue weighted by molar-refractivity contribution is 6.09. The van der Waals surface area contributed by atoms with Crippen LogP contribution in [0.25, 0.3) is 0 Å². The van der Waals surface area contributed by atoms with Gasteiger partial charge in [-0.3, -0.25) is 19.7 Å². The van der Waals surface area contributed by atoms with Gasteiger partial charge in [0.25, 0.3) is 11.8 Å². The molecule has 2 aliphatic heterocycles. The first kappa shape index (κ1) is 15.8. The van der Waals surface area contributed by atoms with Gasteiger partial charge in [-0.25, -0.2) is 4.79 Å². The maximum absolute atomic E-state index is 12.5. The van der Waals surface area contributed by atoms with E-state index in [0.717, 1.165) is 5.56 Å². The molecule has 9 nitrogen and oxygen atoms in total. The molecule has 1 aromatic rings. The van der Waals surface area contributed by atoms with E-state index >= 15 is 0 Å². The first-order chi connectivity index (χ1) is 11.3. The van der Waals surface area contributed by atoms with Crippen LogP contribution >= 0.6 is 0 Å². The molecule has 4 amide bonds. The maximum Gasteiger partial charge on any atom is 0.322 e. The second-order valence-corrected chi connectivity index (χ2v) is 5.75. The number of imide groups is 1. The Kier molecular flexibility index (Phi) is 3.63. The highest BCUT2D eigenvalue weighted by Gasteiger charge is 2.50. The van der Waals surface area contributed by atoms with Gasteiger partial charge < -0.3 is 20.1 Å². The van der Waals surface area contributed by atoms with E-state index in [0.29, 0.717) is 11.3 Å². The SMILES string of the molecule is COc1ccc2c(c1)C(=O)N(CC1(CC(=O)O)NC(=O)NC1=O)C2. The summed E-state index contributed by atoms with van der Waals surface area (Å²) in [7, 11) is 1.49. The van der Waals surface area contributed by atoms with Crippen LogP contribution in [-0.4, -0.2) is 53.0 Å². The van der Waals surface area contributed by atoms with E-state index in [1.54, 1.807) is 18.2 Å². The molecule has 0 saturated carbocycles. The van der Waals surface area contributed by atoms with Crippen molar-refractivity contribution in [3.05, 3.63) is 29.3 Å². The molecule has 1 aromatic carbocycles. The van der Waals surface area contributed by atoms with Crippen molar-refractivity contribution in [2.24, 2.45) is 0 Å². The number of amides is 4. The molecule has 3 rings (SSSR count). The Hall–Kier alpha value is -3.10. The Morgan fingerprint density at radius 3 is 2.71 bits per heavy atom. The maximum atomic E-state index is 12.5. The summed E-state index contributed by atoms with van der Waals surface area (Å²) in [5.74, 6) is -1.83. The van der Waals surface area contributed by atoms with Gasteiger partial charge in [0, 0.05) is 12.1 Å². The summed E-state index contributed by atoms with van der Waals surface area (Å²) in [6.45, 7) is -0.00458. The molecule has 1 unspecified atom stereocenters. The summed E-state index contributed by atoms with van der Waals surface area (Å²) < 4.78 is 5.09. The van der Waals surface area contributed by atoms with Gasteiger partial charge in [-0.1, -0.05) is 6.07 Å². The number of aliphatic carboxylic acids is 1. The van der Waals surface area contributed by atoms with Crippen LogP contribution in [0.4, 0.5) is 4.79 Å². The summed E-state index contributed by atoms with van der Waals surface area (Å²) in [6, 6.07) is 4.28. The topological polar surface area (TPSA) is 125 Å². The number of carboxylic acids is 1. The predicted molar refractivity (Wildman–Crippen MR) is 79.4 cm³/mol. The molecule has 9 heteroatoms. The van der Waals surface area contributed by atoms with Gasteiger partial charge in [0.15, 0.2) is 0 Å². The standard InChI is InChI=1S/C15H15N3O6/c1-24-9-3-2-8-6-18(12(21)10(8)4-9)7-15(5-11(19)20)13(22)16-14(23)17-15/h2-4H,5-7H2,1H3,(H,19,20)(H2,16,17,22,23). The second-order valence-electron chi connectivity index (χ2n) is 5.75. The fraction of sp³-hybridized carbons (Fsp3) is 0.333. The molecule has 0 aliphatic carbocycles. The minimum Gasteiger partial charge on any atom is -0.497 e. The van der Waals surface area contributed by atoms with Crippen LogP contribution in [0.3, 0.4) is 0 Å². The number of carbonyl (C=O) groups excluding carboxylic acids is 3. The number of hydrogen-bond acceptors (Lipinski definition) is 5. The van der Waals surface area contributed by atoms with E-state index in [4.69, 9.17) is 9.84 Å². The van der Waals surface area contributed by atoms with Crippen molar-refractivity contribution >= 4 is 23.8 Å². The number of nitrogens with one attached hydrogen (secondary N) is 2. The highest BCUT2D eigenvalue weighted by atomic mass is 16.5. The van der Waals surface area contributed by atoms with Crippen LogP contribution in [0, 0.1) is 0 Å². The number of carbonyl (C=O) groups is 4. The van der Waals surface area contributed by atoms with Crippen LogP contribution in [-0.2, 0) is 16.1 Å². The zero-order valence-corrected chi connectivity index (χ0v) is 12.8. The molecule has 2 aliphatic rings. The van der Waals surface area contributed by atoms with Gasteiger partial charge >= 0.3 is 12.0 Å². The summed E-state index contributed by atoms with van der Waals surface area (Å²) in [5.41, 5.74) is -0.495. The Bertz CT molecular complexity index is 762. The van der Waals surface area contributed by atoms with Crippen molar-refractivity contribution in [3.8, 4) is 5.75 Å². The van der Waals surface area contributed by atoms with Gasteiger partial charge in [0.05, 0.1) is 20.1 Å². The molecule has 0 radical (unpaired) electrons. The van der Waals surface area contributed by atoms with E-state index in [1.165, 1.54) is 12.0 Å². The van der Waals surface area contributed by atoms with Crippen LogP contribution in [0.5, 0.6) is 5.75 Å². The van der Waals surface area contributed by atoms with Crippen molar-refractivity contribution in [1.29, 1.82) is 0 Å². The largest absolute Gasteiger partial charge is 0.497 e. The van der Waals surface area contributed by atoms with Crippen LogP contribution in [0.2, 0.25) is 0 Å². The van der Waals surface area contributed by atoms with Crippen molar-refractivity contribution in [1.82, 2.24) is 15.5 Å². The van der Waals surface area contributed by atoms with E-state index in [9.17, 15) is 19.2 Å².